The van der Waals surface area contributed by atoms with Crippen LogP contribution in [-0.4, -0.2) is 23.9 Å². The summed E-state index contributed by atoms with van der Waals surface area (Å²) in [6.07, 6.45) is 1.83. The van der Waals surface area contributed by atoms with Crippen LogP contribution in [0.25, 0.3) is 0 Å². The highest BCUT2D eigenvalue weighted by Crippen LogP contribution is 2.26. The van der Waals surface area contributed by atoms with Crippen molar-refractivity contribution in [3.05, 3.63) is 23.8 Å². The van der Waals surface area contributed by atoms with Gasteiger partial charge in [-0.05, 0) is 24.1 Å². The number of rotatable bonds is 6. The molecule has 0 bridgehead atoms. The Morgan fingerprint density at radius 2 is 2.27 bits per heavy atom. The number of carbonyl (C=O) groups is 1. The molecule has 0 aromatic heterocycles. The predicted molar refractivity (Wildman–Crippen MR) is 58.7 cm³/mol. The van der Waals surface area contributed by atoms with Crippen molar-refractivity contribution in [3.8, 4) is 11.5 Å². The SMILES string of the molecule is O=CCc1ccc(OCCCCl)c(O)c1. The fourth-order valence-corrected chi connectivity index (χ4v) is 1.25. The van der Waals surface area contributed by atoms with Gasteiger partial charge in [0.2, 0.25) is 0 Å². The molecule has 0 amide bonds. The van der Waals surface area contributed by atoms with E-state index in [1.807, 2.05) is 0 Å². The normalized spacial score (nSPS) is 9.93. The number of phenolic OH excluding ortho intramolecular Hbond substituents is 1. The standard InChI is InChI=1S/C11H13ClO3/c12-5-1-7-15-11-3-2-9(4-6-13)8-10(11)14/h2-3,6,8,14H,1,4-5,7H2. The van der Waals surface area contributed by atoms with Crippen LogP contribution < -0.4 is 4.74 Å². The smallest absolute Gasteiger partial charge is 0.160 e. The minimum atomic E-state index is 0.0592. The molecule has 82 valence electrons. The first-order valence-corrected chi connectivity index (χ1v) is 5.25. The number of halogens is 1. The summed E-state index contributed by atoms with van der Waals surface area (Å²) in [5, 5.41) is 9.54. The molecule has 1 aromatic carbocycles. The van der Waals surface area contributed by atoms with Crippen molar-refractivity contribution in [2.24, 2.45) is 0 Å². The van der Waals surface area contributed by atoms with Crippen LogP contribution in [0.15, 0.2) is 18.2 Å². The Bertz CT molecular complexity index is 326. The number of hydrogen-bond donors (Lipinski definition) is 1. The number of alkyl halides is 1. The number of aldehydes is 1. The average molecular weight is 229 g/mol. The molecular weight excluding hydrogens is 216 g/mol. The predicted octanol–water partition coefficient (Wildman–Crippen LogP) is 2.14. The van der Waals surface area contributed by atoms with Crippen molar-refractivity contribution in [1.29, 1.82) is 0 Å². The quantitative estimate of drug-likeness (QED) is 0.461. The van der Waals surface area contributed by atoms with Gasteiger partial charge in [-0.15, -0.1) is 11.6 Å². The van der Waals surface area contributed by atoms with Gasteiger partial charge in [-0.25, -0.2) is 0 Å². The molecule has 0 radical (unpaired) electrons. The molecule has 1 aromatic rings. The Morgan fingerprint density at radius 3 is 2.87 bits per heavy atom. The molecule has 0 saturated heterocycles. The van der Waals surface area contributed by atoms with Crippen LogP contribution in [0.3, 0.4) is 0 Å². The van der Waals surface area contributed by atoms with Crippen LogP contribution in [0.4, 0.5) is 0 Å². The van der Waals surface area contributed by atoms with Crippen LogP contribution >= 0.6 is 11.6 Å². The van der Waals surface area contributed by atoms with Gasteiger partial charge in [-0.2, -0.15) is 0 Å². The third-order valence-corrected chi connectivity index (χ3v) is 2.15. The number of phenols is 1. The maximum Gasteiger partial charge on any atom is 0.160 e. The van der Waals surface area contributed by atoms with Crippen molar-refractivity contribution in [2.45, 2.75) is 12.8 Å². The molecule has 0 heterocycles. The molecule has 0 atom stereocenters. The largest absolute Gasteiger partial charge is 0.504 e. The molecular formula is C11H13ClO3. The van der Waals surface area contributed by atoms with E-state index in [-0.39, 0.29) is 5.75 Å². The Hall–Kier alpha value is -1.22. The maximum atomic E-state index is 10.3. The fourth-order valence-electron chi connectivity index (χ4n) is 1.14. The first-order chi connectivity index (χ1) is 7.27. The molecule has 0 aliphatic carbocycles. The highest BCUT2D eigenvalue weighted by atomic mass is 35.5. The summed E-state index contributed by atoms with van der Waals surface area (Å²) in [6, 6.07) is 4.94. The molecule has 0 spiro atoms. The van der Waals surface area contributed by atoms with E-state index in [9.17, 15) is 9.90 Å². The second-order valence-electron chi connectivity index (χ2n) is 3.06. The van der Waals surface area contributed by atoms with Crippen molar-refractivity contribution >= 4 is 17.9 Å². The number of ether oxygens (including phenoxy) is 1. The summed E-state index contributed by atoms with van der Waals surface area (Å²) in [5.74, 6) is 1.02. The van der Waals surface area contributed by atoms with E-state index in [0.29, 0.717) is 24.7 Å². The van der Waals surface area contributed by atoms with E-state index in [0.717, 1.165) is 18.3 Å². The van der Waals surface area contributed by atoms with Crippen LogP contribution in [0, 0.1) is 0 Å². The lowest BCUT2D eigenvalue weighted by Gasteiger charge is -2.07. The zero-order valence-electron chi connectivity index (χ0n) is 8.28. The van der Waals surface area contributed by atoms with Crippen molar-refractivity contribution in [1.82, 2.24) is 0 Å². The number of benzene rings is 1. The van der Waals surface area contributed by atoms with E-state index < -0.39 is 0 Å². The van der Waals surface area contributed by atoms with Crippen molar-refractivity contribution in [2.75, 3.05) is 12.5 Å². The number of aromatic hydroxyl groups is 1. The summed E-state index contributed by atoms with van der Waals surface area (Å²) in [4.78, 5) is 10.3. The zero-order chi connectivity index (χ0) is 11.1. The van der Waals surface area contributed by atoms with Gasteiger partial charge in [-0.1, -0.05) is 6.07 Å². The zero-order valence-corrected chi connectivity index (χ0v) is 9.04. The number of hydrogen-bond acceptors (Lipinski definition) is 3. The Kier molecular flexibility index (Phi) is 4.98. The first kappa shape index (κ1) is 11.9. The molecule has 0 aliphatic rings. The summed E-state index contributed by atoms with van der Waals surface area (Å²) in [7, 11) is 0. The van der Waals surface area contributed by atoms with Crippen LogP contribution in [0.2, 0.25) is 0 Å². The van der Waals surface area contributed by atoms with E-state index >= 15 is 0 Å². The summed E-state index contributed by atoms with van der Waals surface area (Å²) >= 11 is 5.49. The van der Waals surface area contributed by atoms with Gasteiger partial charge in [0.1, 0.15) is 6.29 Å². The van der Waals surface area contributed by atoms with Crippen molar-refractivity contribution < 1.29 is 14.6 Å². The lowest BCUT2D eigenvalue weighted by molar-refractivity contribution is -0.107. The lowest BCUT2D eigenvalue weighted by atomic mass is 10.1. The van der Waals surface area contributed by atoms with Gasteiger partial charge in [-0.3, -0.25) is 0 Å². The molecule has 3 nitrogen and oxygen atoms in total. The minimum Gasteiger partial charge on any atom is -0.504 e. The summed E-state index contributed by atoms with van der Waals surface area (Å²) in [6.45, 7) is 0.476. The van der Waals surface area contributed by atoms with Gasteiger partial charge >= 0.3 is 0 Å². The van der Waals surface area contributed by atoms with E-state index in [2.05, 4.69) is 0 Å². The summed E-state index contributed by atoms with van der Waals surface area (Å²) < 4.78 is 5.29. The Balaban J connectivity index is 2.61. The molecule has 0 aliphatic heterocycles. The van der Waals surface area contributed by atoms with Gasteiger partial charge in [0.15, 0.2) is 11.5 Å². The van der Waals surface area contributed by atoms with Crippen LogP contribution in [0.1, 0.15) is 12.0 Å². The molecule has 1 rings (SSSR count). The van der Waals surface area contributed by atoms with E-state index in [1.54, 1.807) is 12.1 Å². The highest BCUT2D eigenvalue weighted by Gasteiger charge is 2.03. The third-order valence-electron chi connectivity index (χ3n) is 1.88. The monoisotopic (exact) mass is 228 g/mol. The Labute approximate surface area is 93.6 Å². The van der Waals surface area contributed by atoms with Crippen LogP contribution in [-0.2, 0) is 11.2 Å². The second kappa shape index (κ2) is 6.30. The highest BCUT2D eigenvalue weighted by molar-refractivity contribution is 6.17. The molecule has 4 heteroatoms. The summed E-state index contributed by atoms with van der Waals surface area (Å²) in [5.41, 5.74) is 0.771. The van der Waals surface area contributed by atoms with Gasteiger partial charge in [0.05, 0.1) is 6.61 Å². The third kappa shape index (κ3) is 3.80. The fraction of sp³-hybridized carbons (Fsp3) is 0.364. The number of carbonyl (C=O) groups excluding carboxylic acids is 1. The Morgan fingerprint density at radius 1 is 1.47 bits per heavy atom. The molecule has 0 unspecified atom stereocenters. The molecule has 1 N–H and O–H groups in total. The van der Waals surface area contributed by atoms with Gasteiger partial charge in [0.25, 0.3) is 0 Å². The first-order valence-electron chi connectivity index (χ1n) is 4.72. The molecule has 0 fully saturated rings. The average Bonchev–Trinajstić information content (AvgIpc) is 2.22. The maximum absolute atomic E-state index is 10.3. The van der Waals surface area contributed by atoms with Gasteiger partial charge in [0, 0.05) is 12.3 Å². The minimum absolute atomic E-state index is 0.0592. The van der Waals surface area contributed by atoms with E-state index in [4.69, 9.17) is 16.3 Å². The van der Waals surface area contributed by atoms with Crippen LogP contribution in [0.5, 0.6) is 11.5 Å². The van der Waals surface area contributed by atoms with E-state index in [1.165, 1.54) is 6.07 Å². The van der Waals surface area contributed by atoms with Gasteiger partial charge < -0.3 is 14.6 Å². The van der Waals surface area contributed by atoms with Crippen molar-refractivity contribution in [3.63, 3.8) is 0 Å². The molecule has 15 heavy (non-hydrogen) atoms. The second-order valence-corrected chi connectivity index (χ2v) is 3.44. The topological polar surface area (TPSA) is 46.5 Å². The lowest BCUT2D eigenvalue weighted by Crippen LogP contribution is -1.98. The molecule has 0 saturated carbocycles.